The number of benzene rings is 1. The minimum atomic E-state index is -0.183. The van der Waals surface area contributed by atoms with Crippen molar-refractivity contribution in [3.8, 4) is 0 Å². The van der Waals surface area contributed by atoms with Crippen molar-refractivity contribution in [2.75, 3.05) is 32.8 Å². The Morgan fingerprint density at radius 2 is 2.10 bits per heavy atom. The van der Waals surface area contributed by atoms with Crippen LogP contribution in [0, 0.1) is 5.82 Å². The van der Waals surface area contributed by atoms with Gasteiger partial charge >= 0.3 is 0 Å². The molecule has 1 aromatic carbocycles. The lowest BCUT2D eigenvalue weighted by molar-refractivity contribution is -0.0264. The maximum atomic E-state index is 13.0. The molecule has 1 fully saturated rings. The molecule has 0 aromatic heterocycles. The summed E-state index contributed by atoms with van der Waals surface area (Å²) in [6.45, 7) is 9.07. The fourth-order valence-electron chi connectivity index (χ4n) is 2.66. The highest BCUT2D eigenvalue weighted by molar-refractivity contribution is 5.19. The fraction of sp³-hybridized carbons (Fsp3) is 0.625. The lowest BCUT2D eigenvalue weighted by Gasteiger charge is -2.33. The number of likely N-dealkylation sites (N-methyl/N-ethyl adjacent to an activating group) is 1. The van der Waals surface area contributed by atoms with Crippen molar-refractivity contribution < 1.29 is 9.13 Å². The molecule has 2 rings (SSSR count). The first-order chi connectivity index (χ1) is 9.72. The summed E-state index contributed by atoms with van der Waals surface area (Å²) in [5.74, 6) is -0.183. The number of rotatable bonds is 6. The molecule has 1 aliphatic rings. The third-order valence-electron chi connectivity index (χ3n) is 3.94. The van der Waals surface area contributed by atoms with E-state index in [4.69, 9.17) is 4.74 Å². The van der Waals surface area contributed by atoms with E-state index in [0.717, 1.165) is 44.8 Å². The van der Waals surface area contributed by atoms with Gasteiger partial charge in [-0.15, -0.1) is 0 Å². The third-order valence-corrected chi connectivity index (χ3v) is 3.94. The first kappa shape index (κ1) is 15.4. The molecule has 3 nitrogen and oxygen atoms in total. The topological polar surface area (TPSA) is 24.5 Å². The number of nitrogens with zero attached hydrogens (tertiary/aromatic N) is 1. The first-order valence-corrected chi connectivity index (χ1v) is 7.55. The molecule has 2 unspecified atom stereocenters. The summed E-state index contributed by atoms with van der Waals surface area (Å²) in [6.07, 6.45) is 1.23. The summed E-state index contributed by atoms with van der Waals surface area (Å²) in [6, 6.07) is 7.02. The van der Waals surface area contributed by atoms with E-state index in [1.165, 1.54) is 12.1 Å². The van der Waals surface area contributed by atoms with Crippen LogP contribution in [0.3, 0.4) is 0 Å². The van der Waals surface area contributed by atoms with Gasteiger partial charge in [0.15, 0.2) is 0 Å². The Bertz CT molecular complexity index is 396. The molecule has 20 heavy (non-hydrogen) atoms. The number of morpholine rings is 1. The summed E-state index contributed by atoms with van der Waals surface area (Å²) in [4.78, 5) is 2.41. The zero-order chi connectivity index (χ0) is 14.4. The zero-order valence-corrected chi connectivity index (χ0v) is 12.4. The van der Waals surface area contributed by atoms with Crippen molar-refractivity contribution in [3.63, 3.8) is 0 Å². The number of hydrogen-bond donors (Lipinski definition) is 1. The summed E-state index contributed by atoms with van der Waals surface area (Å²) in [5.41, 5.74) is 1.14. The molecule has 0 bridgehead atoms. The average molecular weight is 280 g/mol. The van der Waals surface area contributed by atoms with E-state index >= 15 is 0 Å². The molecular weight excluding hydrogens is 255 g/mol. The van der Waals surface area contributed by atoms with Crippen LogP contribution in [0.15, 0.2) is 24.3 Å². The van der Waals surface area contributed by atoms with Crippen molar-refractivity contribution in [1.29, 1.82) is 0 Å². The Morgan fingerprint density at radius 1 is 1.35 bits per heavy atom. The highest BCUT2D eigenvalue weighted by Gasteiger charge is 2.20. The summed E-state index contributed by atoms with van der Waals surface area (Å²) >= 11 is 0. The van der Waals surface area contributed by atoms with E-state index in [1.807, 2.05) is 12.1 Å². The number of hydrogen-bond acceptors (Lipinski definition) is 3. The van der Waals surface area contributed by atoms with E-state index in [9.17, 15) is 4.39 Å². The van der Waals surface area contributed by atoms with Gasteiger partial charge in [-0.1, -0.05) is 26.0 Å². The Kier molecular flexibility index (Phi) is 5.95. The molecule has 4 heteroatoms. The van der Waals surface area contributed by atoms with Crippen LogP contribution >= 0.6 is 0 Å². The van der Waals surface area contributed by atoms with Gasteiger partial charge in [-0.25, -0.2) is 4.39 Å². The van der Waals surface area contributed by atoms with Gasteiger partial charge in [-0.05, 0) is 30.7 Å². The quantitative estimate of drug-likeness (QED) is 0.867. The molecule has 1 aromatic rings. The predicted molar refractivity (Wildman–Crippen MR) is 79.3 cm³/mol. The molecule has 0 aliphatic carbocycles. The van der Waals surface area contributed by atoms with Gasteiger partial charge in [0, 0.05) is 25.7 Å². The van der Waals surface area contributed by atoms with Crippen LogP contribution in [0.4, 0.5) is 4.39 Å². The monoisotopic (exact) mass is 280 g/mol. The third kappa shape index (κ3) is 4.27. The van der Waals surface area contributed by atoms with Gasteiger partial charge in [0.05, 0.1) is 12.7 Å². The molecule has 2 atom stereocenters. The molecule has 0 spiro atoms. The second-order valence-corrected chi connectivity index (χ2v) is 5.31. The maximum Gasteiger partial charge on any atom is 0.123 e. The Balaban J connectivity index is 1.85. The van der Waals surface area contributed by atoms with Gasteiger partial charge in [0.2, 0.25) is 0 Å². The van der Waals surface area contributed by atoms with Crippen LogP contribution in [0.2, 0.25) is 0 Å². The molecule has 1 aliphatic heterocycles. The van der Waals surface area contributed by atoms with Gasteiger partial charge in [-0.2, -0.15) is 0 Å². The van der Waals surface area contributed by atoms with E-state index in [0.29, 0.717) is 0 Å². The van der Waals surface area contributed by atoms with Crippen molar-refractivity contribution >= 4 is 0 Å². The van der Waals surface area contributed by atoms with Crippen LogP contribution in [0.1, 0.15) is 31.9 Å². The summed E-state index contributed by atoms with van der Waals surface area (Å²) in [7, 11) is 0. The Morgan fingerprint density at radius 3 is 2.75 bits per heavy atom. The number of ether oxygens (including phenoxy) is 1. The van der Waals surface area contributed by atoms with E-state index < -0.39 is 0 Å². The molecular formula is C16H25FN2O. The van der Waals surface area contributed by atoms with Crippen molar-refractivity contribution in [3.05, 3.63) is 35.6 Å². The van der Waals surface area contributed by atoms with Crippen LogP contribution < -0.4 is 5.32 Å². The second kappa shape index (κ2) is 7.72. The standard InChI is InChI=1S/C16H25FN2O/c1-3-16(13-5-7-14(17)8-6-13)18-11-15-12-19(4-2)9-10-20-15/h5-8,15-16,18H,3-4,9-12H2,1-2H3. The molecule has 0 amide bonds. The van der Waals surface area contributed by atoms with Crippen molar-refractivity contribution in [2.24, 2.45) is 0 Å². The maximum absolute atomic E-state index is 13.0. The van der Waals surface area contributed by atoms with Crippen molar-refractivity contribution in [1.82, 2.24) is 10.2 Å². The minimum Gasteiger partial charge on any atom is -0.374 e. The number of halogens is 1. The molecule has 1 heterocycles. The summed E-state index contributed by atoms with van der Waals surface area (Å²) < 4.78 is 18.8. The van der Waals surface area contributed by atoms with Gasteiger partial charge in [-0.3, -0.25) is 4.90 Å². The molecule has 0 saturated carbocycles. The highest BCUT2D eigenvalue weighted by atomic mass is 19.1. The van der Waals surface area contributed by atoms with E-state index in [2.05, 4.69) is 24.1 Å². The minimum absolute atomic E-state index is 0.183. The zero-order valence-electron chi connectivity index (χ0n) is 12.4. The highest BCUT2D eigenvalue weighted by Crippen LogP contribution is 2.17. The van der Waals surface area contributed by atoms with Crippen LogP contribution in [-0.4, -0.2) is 43.8 Å². The second-order valence-electron chi connectivity index (χ2n) is 5.31. The van der Waals surface area contributed by atoms with Gasteiger partial charge in [0.1, 0.15) is 5.82 Å². The molecule has 1 saturated heterocycles. The smallest absolute Gasteiger partial charge is 0.123 e. The molecule has 112 valence electrons. The largest absolute Gasteiger partial charge is 0.374 e. The number of nitrogens with one attached hydrogen (secondary N) is 1. The van der Waals surface area contributed by atoms with E-state index in [-0.39, 0.29) is 18.0 Å². The lowest BCUT2D eigenvalue weighted by atomic mass is 10.0. The normalized spacial score (nSPS) is 21.9. The Hall–Kier alpha value is -0.970. The van der Waals surface area contributed by atoms with E-state index in [1.54, 1.807) is 0 Å². The SMILES string of the molecule is CCC(NCC1CN(CC)CCO1)c1ccc(F)cc1. The fourth-order valence-corrected chi connectivity index (χ4v) is 2.66. The first-order valence-electron chi connectivity index (χ1n) is 7.55. The van der Waals surface area contributed by atoms with Gasteiger partial charge < -0.3 is 10.1 Å². The van der Waals surface area contributed by atoms with Gasteiger partial charge in [0.25, 0.3) is 0 Å². The van der Waals surface area contributed by atoms with Crippen LogP contribution in [-0.2, 0) is 4.74 Å². The van der Waals surface area contributed by atoms with Crippen molar-refractivity contribution in [2.45, 2.75) is 32.4 Å². The summed E-state index contributed by atoms with van der Waals surface area (Å²) in [5, 5.41) is 3.55. The predicted octanol–water partition coefficient (Wildman–Crippen LogP) is 2.59. The lowest BCUT2D eigenvalue weighted by Crippen LogP contribution is -2.46. The van der Waals surface area contributed by atoms with Crippen LogP contribution in [0.25, 0.3) is 0 Å². The van der Waals surface area contributed by atoms with Crippen LogP contribution in [0.5, 0.6) is 0 Å². The molecule has 0 radical (unpaired) electrons. The molecule has 1 N–H and O–H groups in total. The Labute approximate surface area is 121 Å². The average Bonchev–Trinajstić information content (AvgIpc) is 2.50.